The molecule has 0 aliphatic heterocycles. The topological polar surface area (TPSA) is 85.8 Å². The first kappa shape index (κ1) is 17.9. The summed E-state index contributed by atoms with van der Waals surface area (Å²) in [7, 11) is 0. The molecule has 3 N–H and O–H groups in total. The van der Waals surface area contributed by atoms with Gasteiger partial charge < -0.3 is 11.2 Å². The molecule has 3 aromatic rings. The number of carbonyl (C=O) groups excluding carboxylic acids is 1. The van der Waals surface area contributed by atoms with Crippen molar-refractivity contribution in [2.45, 2.75) is 24.3 Å². The number of hydrogen-bond donors (Lipinski definition) is 2. The van der Waals surface area contributed by atoms with Crippen LogP contribution in [0.1, 0.15) is 12.5 Å². The molecule has 0 aliphatic rings. The van der Waals surface area contributed by atoms with Crippen LogP contribution in [0.25, 0.3) is 11.4 Å². The van der Waals surface area contributed by atoms with E-state index in [4.69, 9.17) is 5.84 Å². The molecule has 8 heteroatoms. The first-order valence-corrected chi connectivity index (χ1v) is 8.83. The number of carbonyl (C=O) groups is 1. The Morgan fingerprint density at radius 1 is 1.19 bits per heavy atom. The predicted molar refractivity (Wildman–Crippen MR) is 101 cm³/mol. The summed E-state index contributed by atoms with van der Waals surface area (Å²) in [4.78, 5) is 12.4. The van der Waals surface area contributed by atoms with Gasteiger partial charge in [0.05, 0.1) is 10.8 Å². The van der Waals surface area contributed by atoms with Crippen molar-refractivity contribution in [3.63, 3.8) is 0 Å². The van der Waals surface area contributed by atoms with Crippen LogP contribution in [0.2, 0.25) is 0 Å². The van der Waals surface area contributed by atoms with Gasteiger partial charge in [0.15, 0.2) is 5.82 Å². The van der Waals surface area contributed by atoms with Crippen molar-refractivity contribution in [2.24, 2.45) is 0 Å². The van der Waals surface area contributed by atoms with E-state index in [9.17, 15) is 9.18 Å². The van der Waals surface area contributed by atoms with Crippen LogP contribution in [0.5, 0.6) is 0 Å². The van der Waals surface area contributed by atoms with Gasteiger partial charge in [-0.25, -0.2) is 9.07 Å². The van der Waals surface area contributed by atoms with Gasteiger partial charge in [0.2, 0.25) is 11.1 Å². The summed E-state index contributed by atoms with van der Waals surface area (Å²) in [6, 6.07) is 13.7. The fourth-order valence-electron chi connectivity index (χ4n) is 2.28. The normalized spacial score (nSPS) is 12.0. The van der Waals surface area contributed by atoms with E-state index in [0.717, 1.165) is 17.3 Å². The van der Waals surface area contributed by atoms with E-state index in [1.54, 1.807) is 25.1 Å². The lowest BCUT2D eigenvalue weighted by Crippen LogP contribution is -2.23. The Bertz CT molecular complexity index is 926. The highest BCUT2D eigenvalue weighted by Gasteiger charge is 2.21. The molecule has 0 bridgehead atoms. The number of nitrogen functional groups attached to an aromatic ring is 1. The van der Waals surface area contributed by atoms with E-state index < -0.39 is 11.1 Å². The molecule has 1 amide bonds. The summed E-state index contributed by atoms with van der Waals surface area (Å²) in [5, 5.41) is 10.6. The zero-order valence-electron chi connectivity index (χ0n) is 14.3. The van der Waals surface area contributed by atoms with Crippen molar-refractivity contribution in [1.82, 2.24) is 14.9 Å². The fraction of sp³-hybridized carbons (Fsp3) is 0.167. The zero-order chi connectivity index (χ0) is 18.7. The highest BCUT2D eigenvalue weighted by Crippen LogP contribution is 2.26. The second-order valence-electron chi connectivity index (χ2n) is 5.77. The van der Waals surface area contributed by atoms with E-state index in [-0.39, 0.29) is 17.3 Å². The highest BCUT2D eigenvalue weighted by molar-refractivity contribution is 8.00. The number of hydrogen-bond acceptors (Lipinski definition) is 5. The number of benzene rings is 2. The van der Waals surface area contributed by atoms with Crippen LogP contribution in [0.3, 0.4) is 0 Å². The number of anilines is 1. The number of nitrogens with zero attached hydrogens (tertiary/aromatic N) is 3. The first-order valence-electron chi connectivity index (χ1n) is 7.95. The molecule has 0 aliphatic carbocycles. The highest BCUT2D eigenvalue weighted by atomic mass is 32.2. The number of rotatable bonds is 5. The molecule has 26 heavy (non-hydrogen) atoms. The third-order valence-corrected chi connectivity index (χ3v) is 4.81. The van der Waals surface area contributed by atoms with Crippen LogP contribution < -0.4 is 11.2 Å². The predicted octanol–water partition coefficient (Wildman–Crippen LogP) is 3.23. The molecule has 0 unspecified atom stereocenters. The summed E-state index contributed by atoms with van der Waals surface area (Å²) in [5.74, 6) is 5.58. The van der Waals surface area contributed by atoms with E-state index in [1.165, 1.54) is 10.7 Å². The Morgan fingerprint density at radius 3 is 2.58 bits per heavy atom. The number of nitrogens with one attached hydrogen (secondary N) is 1. The average Bonchev–Trinajstić information content (AvgIpc) is 2.98. The summed E-state index contributed by atoms with van der Waals surface area (Å²) in [6.45, 7) is 3.72. The van der Waals surface area contributed by atoms with Gasteiger partial charge in [-0.05, 0) is 38.1 Å². The number of aryl methyl sites for hydroxylation is 1. The summed E-state index contributed by atoms with van der Waals surface area (Å²) >= 11 is 1.15. The summed E-state index contributed by atoms with van der Waals surface area (Å²) in [5.41, 5.74) is 2.09. The third kappa shape index (κ3) is 3.85. The molecule has 0 fully saturated rings. The van der Waals surface area contributed by atoms with Crippen LogP contribution in [0.4, 0.5) is 10.1 Å². The monoisotopic (exact) mass is 371 g/mol. The summed E-state index contributed by atoms with van der Waals surface area (Å²) in [6.07, 6.45) is 0. The molecule has 3 rings (SSSR count). The van der Waals surface area contributed by atoms with Crippen LogP contribution in [-0.2, 0) is 4.79 Å². The maximum Gasteiger partial charge on any atom is 0.237 e. The fourth-order valence-corrected chi connectivity index (χ4v) is 3.05. The number of amides is 1. The van der Waals surface area contributed by atoms with Crippen molar-refractivity contribution in [2.75, 3.05) is 11.2 Å². The molecular weight excluding hydrogens is 353 g/mol. The van der Waals surface area contributed by atoms with Gasteiger partial charge in [-0.3, -0.25) is 4.79 Å². The molecule has 6 nitrogen and oxygen atoms in total. The number of nitrogens with two attached hydrogens (primary N) is 1. The SMILES string of the molecule is Cc1ccc(NC(=O)[C@H](C)Sc2nnc(-c3ccccc3F)n2N)cc1. The Kier molecular flexibility index (Phi) is 5.22. The molecule has 134 valence electrons. The molecule has 0 radical (unpaired) electrons. The van der Waals surface area contributed by atoms with Crippen molar-refractivity contribution in [1.29, 1.82) is 0 Å². The molecule has 1 atom stereocenters. The molecule has 1 aromatic heterocycles. The minimum atomic E-state index is -0.462. The minimum Gasteiger partial charge on any atom is -0.335 e. The van der Waals surface area contributed by atoms with Gasteiger partial charge in [-0.15, -0.1) is 10.2 Å². The van der Waals surface area contributed by atoms with Crippen molar-refractivity contribution >= 4 is 23.4 Å². The molecule has 0 saturated carbocycles. The van der Waals surface area contributed by atoms with E-state index >= 15 is 0 Å². The third-order valence-electron chi connectivity index (χ3n) is 3.75. The summed E-state index contributed by atoms with van der Waals surface area (Å²) < 4.78 is 15.1. The quantitative estimate of drug-likeness (QED) is 0.531. The van der Waals surface area contributed by atoms with Gasteiger partial charge in [0.1, 0.15) is 5.82 Å². The number of thioether (sulfide) groups is 1. The average molecular weight is 371 g/mol. The molecule has 1 heterocycles. The van der Waals surface area contributed by atoms with Crippen LogP contribution in [0, 0.1) is 12.7 Å². The maximum absolute atomic E-state index is 13.9. The van der Waals surface area contributed by atoms with Gasteiger partial charge in [0, 0.05) is 5.69 Å². The lowest BCUT2D eigenvalue weighted by Gasteiger charge is -2.11. The van der Waals surface area contributed by atoms with E-state index in [1.807, 2.05) is 31.2 Å². The zero-order valence-corrected chi connectivity index (χ0v) is 15.1. The van der Waals surface area contributed by atoms with Crippen LogP contribution in [0.15, 0.2) is 53.7 Å². The molecular formula is C18H18FN5OS. The Hall–Kier alpha value is -2.87. The molecule has 0 saturated heterocycles. The second-order valence-corrected chi connectivity index (χ2v) is 7.08. The Morgan fingerprint density at radius 2 is 1.88 bits per heavy atom. The number of halogens is 1. The lowest BCUT2D eigenvalue weighted by molar-refractivity contribution is -0.115. The van der Waals surface area contributed by atoms with Gasteiger partial charge in [-0.2, -0.15) is 0 Å². The minimum absolute atomic E-state index is 0.186. The largest absolute Gasteiger partial charge is 0.335 e. The molecule has 2 aromatic carbocycles. The first-order chi connectivity index (χ1) is 12.5. The van der Waals surface area contributed by atoms with Crippen molar-refractivity contribution in [3.05, 3.63) is 59.9 Å². The second kappa shape index (κ2) is 7.57. The van der Waals surface area contributed by atoms with Gasteiger partial charge >= 0.3 is 0 Å². The molecule has 0 spiro atoms. The van der Waals surface area contributed by atoms with E-state index in [0.29, 0.717) is 10.8 Å². The van der Waals surface area contributed by atoms with Gasteiger partial charge in [-0.1, -0.05) is 41.6 Å². The van der Waals surface area contributed by atoms with E-state index in [2.05, 4.69) is 15.5 Å². The maximum atomic E-state index is 13.9. The Balaban J connectivity index is 1.71. The number of aromatic nitrogens is 3. The van der Waals surface area contributed by atoms with Crippen LogP contribution in [-0.4, -0.2) is 26.0 Å². The van der Waals surface area contributed by atoms with Crippen LogP contribution >= 0.6 is 11.8 Å². The Labute approximate surface area is 154 Å². The van der Waals surface area contributed by atoms with Crippen molar-refractivity contribution < 1.29 is 9.18 Å². The lowest BCUT2D eigenvalue weighted by atomic mass is 10.2. The smallest absolute Gasteiger partial charge is 0.237 e. The standard InChI is InChI=1S/C18H18FN5OS/c1-11-7-9-13(10-8-11)21-17(25)12(2)26-18-23-22-16(24(18)20)14-5-3-4-6-15(14)19/h3-10,12H,20H2,1-2H3,(H,21,25)/t12-/m0/s1. The van der Waals surface area contributed by atoms with Gasteiger partial charge in [0.25, 0.3) is 0 Å². The van der Waals surface area contributed by atoms with Crippen molar-refractivity contribution in [3.8, 4) is 11.4 Å².